The summed E-state index contributed by atoms with van der Waals surface area (Å²) in [5.41, 5.74) is -0.664. The fourth-order valence-corrected chi connectivity index (χ4v) is 2.50. The van der Waals surface area contributed by atoms with Crippen LogP contribution in [0.25, 0.3) is 11.0 Å². The van der Waals surface area contributed by atoms with Crippen molar-refractivity contribution in [1.82, 2.24) is 0 Å². The molecule has 0 saturated heterocycles. The number of hydrogen-bond acceptors (Lipinski definition) is 6. The Kier molecular flexibility index (Phi) is 6.89. The van der Waals surface area contributed by atoms with Crippen molar-refractivity contribution in [3.05, 3.63) is 28.6 Å². The van der Waals surface area contributed by atoms with Gasteiger partial charge in [0, 0.05) is 5.92 Å². The highest BCUT2D eigenvalue weighted by Crippen LogP contribution is 2.36. The lowest BCUT2D eigenvalue weighted by molar-refractivity contribution is -0.138. The SMILES string of the molecule is CCCCOc1c(O)c2cccc(OCC(CC)CC(=O)O)c2oc1=O. The molecule has 2 aromatic rings. The van der Waals surface area contributed by atoms with E-state index in [9.17, 15) is 14.7 Å². The first-order valence-corrected chi connectivity index (χ1v) is 8.74. The molecule has 142 valence electrons. The molecule has 2 rings (SSSR count). The third kappa shape index (κ3) is 4.68. The number of carbonyl (C=O) groups is 1. The highest BCUT2D eigenvalue weighted by atomic mass is 16.5. The maximum Gasteiger partial charge on any atom is 0.383 e. The summed E-state index contributed by atoms with van der Waals surface area (Å²) in [7, 11) is 0. The lowest BCUT2D eigenvalue weighted by atomic mass is 10.0. The Morgan fingerprint density at radius 3 is 2.69 bits per heavy atom. The van der Waals surface area contributed by atoms with Gasteiger partial charge < -0.3 is 24.1 Å². The van der Waals surface area contributed by atoms with Gasteiger partial charge in [-0.15, -0.1) is 0 Å². The number of carboxylic acid groups (broad SMARTS) is 1. The summed E-state index contributed by atoms with van der Waals surface area (Å²) >= 11 is 0. The summed E-state index contributed by atoms with van der Waals surface area (Å²) in [4.78, 5) is 23.0. The van der Waals surface area contributed by atoms with Gasteiger partial charge in [0.15, 0.2) is 17.1 Å². The van der Waals surface area contributed by atoms with Crippen molar-refractivity contribution in [3.8, 4) is 17.2 Å². The summed E-state index contributed by atoms with van der Waals surface area (Å²) in [5.74, 6) is -1.27. The molecule has 7 heteroatoms. The molecule has 0 spiro atoms. The van der Waals surface area contributed by atoms with Gasteiger partial charge in [-0.1, -0.05) is 26.3 Å². The average Bonchev–Trinajstić information content (AvgIpc) is 2.61. The molecule has 1 heterocycles. The Labute approximate surface area is 151 Å². The first-order chi connectivity index (χ1) is 12.5. The van der Waals surface area contributed by atoms with E-state index in [1.54, 1.807) is 18.2 Å². The zero-order chi connectivity index (χ0) is 19.1. The molecule has 0 amide bonds. The summed E-state index contributed by atoms with van der Waals surface area (Å²) in [6.07, 6.45) is 2.28. The minimum Gasteiger partial charge on any atom is -0.504 e. The van der Waals surface area contributed by atoms with Gasteiger partial charge in [0.05, 0.1) is 25.0 Å². The highest BCUT2D eigenvalue weighted by Gasteiger charge is 2.19. The average molecular weight is 364 g/mol. The molecule has 1 aromatic carbocycles. The maximum absolute atomic E-state index is 12.2. The number of fused-ring (bicyclic) bond motifs is 1. The molecule has 26 heavy (non-hydrogen) atoms. The number of aliphatic carboxylic acids is 1. The molecule has 1 unspecified atom stereocenters. The summed E-state index contributed by atoms with van der Waals surface area (Å²) in [6.45, 7) is 4.35. The summed E-state index contributed by atoms with van der Waals surface area (Å²) < 4.78 is 16.3. The van der Waals surface area contributed by atoms with Gasteiger partial charge in [-0.2, -0.15) is 0 Å². The van der Waals surface area contributed by atoms with E-state index in [0.29, 0.717) is 18.4 Å². The molecule has 1 atom stereocenters. The molecule has 0 aliphatic heterocycles. The number of para-hydroxylation sites is 1. The topological polar surface area (TPSA) is 106 Å². The fraction of sp³-hybridized carbons (Fsp3) is 0.474. The van der Waals surface area contributed by atoms with Gasteiger partial charge in [0.1, 0.15) is 0 Å². The zero-order valence-electron chi connectivity index (χ0n) is 15.0. The first kappa shape index (κ1) is 19.6. The number of ether oxygens (including phenoxy) is 2. The molecule has 0 aliphatic carbocycles. The van der Waals surface area contributed by atoms with Crippen molar-refractivity contribution in [2.45, 2.75) is 39.5 Å². The van der Waals surface area contributed by atoms with E-state index < -0.39 is 11.6 Å². The van der Waals surface area contributed by atoms with Crippen molar-refractivity contribution < 1.29 is 28.9 Å². The molecule has 0 saturated carbocycles. The predicted molar refractivity (Wildman–Crippen MR) is 96.1 cm³/mol. The van der Waals surface area contributed by atoms with Gasteiger partial charge in [-0.3, -0.25) is 4.79 Å². The Morgan fingerprint density at radius 1 is 1.27 bits per heavy atom. The van der Waals surface area contributed by atoms with Gasteiger partial charge in [-0.05, 0) is 25.0 Å². The molecule has 0 fully saturated rings. The molecule has 0 bridgehead atoms. The van der Waals surface area contributed by atoms with E-state index in [0.717, 1.165) is 12.8 Å². The number of unbranched alkanes of at least 4 members (excludes halogenated alkanes) is 1. The second-order valence-electron chi connectivity index (χ2n) is 6.09. The van der Waals surface area contributed by atoms with E-state index in [2.05, 4.69) is 0 Å². The van der Waals surface area contributed by atoms with Crippen LogP contribution in [0.1, 0.15) is 39.5 Å². The lowest BCUT2D eigenvalue weighted by Gasteiger charge is -2.15. The van der Waals surface area contributed by atoms with Gasteiger partial charge in [0.2, 0.25) is 5.75 Å². The molecule has 1 aromatic heterocycles. The van der Waals surface area contributed by atoms with Crippen LogP contribution in [0.15, 0.2) is 27.4 Å². The molecule has 2 N–H and O–H groups in total. The second-order valence-corrected chi connectivity index (χ2v) is 6.09. The normalized spacial score (nSPS) is 12.1. The van der Waals surface area contributed by atoms with E-state index in [-0.39, 0.29) is 41.8 Å². The van der Waals surface area contributed by atoms with Crippen LogP contribution >= 0.6 is 0 Å². The van der Waals surface area contributed by atoms with Crippen LogP contribution in [0.4, 0.5) is 0 Å². The van der Waals surface area contributed by atoms with Gasteiger partial charge >= 0.3 is 11.6 Å². The van der Waals surface area contributed by atoms with Crippen molar-refractivity contribution >= 4 is 16.9 Å². The first-order valence-electron chi connectivity index (χ1n) is 8.74. The standard InChI is InChI=1S/C19H24O7/c1-3-5-9-24-18-16(22)13-7-6-8-14(17(13)26-19(18)23)25-11-12(4-2)10-15(20)21/h6-8,12,22H,3-5,9-11H2,1-2H3,(H,20,21). The second kappa shape index (κ2) is 9.12. The van der Waals surface area contributed by atoms with Crippen LogP contribution in [-0.4, -0.2) is 29.4 Å². The van der Waals surface area contributed by atoms with Crippen LogP contribution < -0.4 is 15.1 Å². The van der Waals surface area contributed by atoms with E-state index in [1.165, 1.54) is 0 Å². The minimum atomic E-state index is -0.892. The number of hydrogen-bond donors (Lipinski definition) is 2. The molecular formula is C19H24O7. The Hall–Kier alpha value is -2.70. The lowest BCUT2D eigenvalue weighted by Crippen LogP contribution is -2.15. The molecule has 0 aliphatic rings. The van der Waals surface area contributed by atoms with Gasteiger partial charge in [-0.25, -0.2) is 4.79 Å². The van der Waals surface area contributed by atoms with Crippen molar-refractivity contribution in [3.63, 3.8) is 0 Å². The fourth-order valence-electron chi connectivity index (χ4n) is 2.50. The monoisotopic (exact) mass is 364 g/mol. The van der Waals surface area contributed by atoms with Crippen molar-refractivity contribution in [2.75, 3.05) is 13.2 Å². The van der Waals surface area contributed by atoms with Gasteiger partial charge in [0.25, 0.3) is 0 Å². The van der Waals surface area contributed by atoms with Crippen LogP contribution in [0.2, 0.25) is 0 Å². The predicted octanol–water partition coefficient (Wildman–Crippen LogP) is 3.56. The van der Waals surface area contributed by atoms with Crippen molar-refractivity contribution in [2.24, 2.45) is 5.92 Å². The number of aromatic hydroxyl groups is 1. The van der Waals surface area contributed by atoms with Crippen LogP contribution in [-0.2, 0) is 4.79 Å². The number of rotatable bonds is 10. The van der Waals surface area contributed by atoms with E-state index in [1.807, 2.05) is 13.8 Å². The smallest absolute Gasteiger partial charge is 0.383 e. The van der Waals surface area contributed by atoms with Crippen molar-refractivity contribution in [1.29, 1.82) is 0 Å². The van der Waals surface area contributed by atoms with E-state index in [4.69, 9.17) is 19.0 Å². The minimum absolute atomic E-state index is 0.00805. The molecule has 0 radical (unpaired) electrons. The van der Waals surface area contributed by atoms with Crippen LogP contribution in [0.3, 0.4) is 0 Å². The number of carboxylic acids is 1. The van der Waals surface area contributed by atoms with E-state index >= 15 is 0 Å². The zero-order valence-corrected chi connectivity index (χ0v) is 15.0. The van der Waals surface area contributed by atoms with Crippen LogP contribution in [0, 0.1) is 5.92 Å². The Morgan fingerprint density at radius 2 is 2.04 bits per heavy atom. The van der Waals surface area contributed by atoms with Crippen LogP contribution in [0.5, 0.6) is 17.2 Å². The highest BCUT2D eigenvalue weighted by molar-refractivity contribution is 5.89. The maximum atomic E-state index is 12.2. The Bertz CT molecular complexity index is 809. The molecular weight excluding hydrogens is 340 g/mol. The quantitative estimate of drug-likeness (QED) is 0.490. The summed E-state index contributed by atoms with van der Waals surface area (Å²) in [6, 6.07) is 4.86. The largest absolute Gasteiger partial charge is 0.504 e. The third-order valence-electron chi connectivity index (χ3n) is 4.09. The number of benzene rings is 1. The molecule has 7 nitrogen and oxygen atoms in total. The summed E-state index contributed by atoms with van der Waals surface area (Å²) in [5, 5.41) is 19.6. The third-order valence-corrected chi connectivity index (χ3v) is 4.09. The Balaban J connectivity index is 2.29.